The summed E-state index contributed by atoms with van der Waals surface area (Å²) in [5.74, 6) is 0. The highest BCUT2D eigenvalue weighted by Gasteiger charge is 2.10. The van der Waals surface area contributed by atoms with Crippen LogP contribution in [0, 0.1) is 6.61 Å². The van der Waals surface area contributed by atoms with Crippen LogP contribution in [0.4, 0.5) is 0 Å². The summed E-state index contributed by atoms with van der Waals surface area (Å²) in [6.07, 6.45) is 4.66. The molecule has 0 saturated carbocycles. The first kappa shape index (κ1) is 11.9. The lowest BCUT2D eigenvalue weighted by Crippen LogP contribution is -2.18. The standard InChI is InChI=1S/C10H21O2/c1-5-6-7-8-9-11-12-10(2,3)4/h9H,5-8H2,1-4H3. The molecule has 0 saturated heterocycles. The largest absolute Gasteiger partial charge is 0.231 e. The summed E-state index contributed by atoms with van der Waals surface area (Å²) in [5, 5.41) is 0. The predicted octanol–water partition coefficient (Wildman–Crippen LogP) is 3.48. The van der Waals surface area contributed by atoms with Gasteiger partial charge in [0.25, 0.3) is 0 Å². The Hall–Kier alpha value is -0.0800. The highest BCUT2D eigenvalue weighted by Crippen LogP contribution is 2.09. The Balaban J connectivity index is 3.01. The molecule has 0 unspecified atom stereocenters. The Kier molecular flexibility index (Phi) is 6.39. The highest BCUT2D eigenvalue weighted by atomic mass is 17.2. The second kappa shape index (κ2) is 6.44. The van der Waals surface area contributed by atoms with E-state index in [1.807, 2.05) is 20.8 Å². The Bertz CT molecular complexity index is 94.5. The molecule has 0 bridgehead atoms. The predicted molar refractivity (Wildman–Crippen MR) is 50.4 cm³/mol. The van der Waals surface area contributed by atoms with Gasteiger partial charge in [-0.2, -0.15) is 0 Å². The van der Waals surface area contributed by atoms with E-state index in [1.165, 1.54) is 19.3 Å². The molecule has 2 nitrogen and oxygen atoms in total. The lowest BCUT2D eigenvalue weighted by Gasteiger charge is -2.16. The molecule has 0 aromatic carbocycles. The van der Waals surface area contributed by atoms with Crippen LogP contribution < -0.4 is 0 Å². The molecule has 0 rings (SSSR count). The number of rotatable bonds is 6. The highest BCUT2D eigenvalue weighted by molar-refractivity contribution is 4.55. The fourth-order valence-electron chi connectivity index (χ4n) is 0.704. The lowest BCUT2D eigenvalue weighted by molar-refractivity contribution is -0.327. The molecule has 0 aliphatic rings. The van der Waals surface area contributed by atoms with Crippen LogP contribution in [-0.4, -0.2) is 5.60 Å². The van der Waals surface area contributed by atoms with Gasteiger partial charge in [-0.25, -0.2) is 9.78 Å². The van der Waals surface area contributed by atoms with Gasteiger partial charge in [0.2, 0.25) is 0 Å². The summed E-state index contributed by atoms with van der Waals surface area (Å²) in [5.41, 5.74) is -0.207. The molecule has 0 aliphatic carbocycles. The van der Waals surface area contributed by atoms with Gasteiger partial charge in [-0.15, -0.1) is 0 Å². The first-order valence-electron chi connectivity index (χ1n) is 4.72. The van der Waals surface area contributed by atoms with Crippen molar-refractivity contribution in [2.45, 2.75) is 59.0 Å². The molecule has 0 amide bonds. The summed E-state index contributed by atoms with van der Waals surface area (Å²) < 4.78 is 0. The minimum atomic E-state index is -0.207. The molecule has 2 heteroatoms. The van der Waals surface area contributed by atoms with Crippen LogP contribution in [0.3, 0.4) is 0 Å². The molecule has 0 atom stereocenters. The van der Waals surface area contributed by atoms with E-state index in [4.69, 9.17) is 9.78 Å². The van der Waals surface area contributed by atoms with Crippen molar-refractivity contribution in [2.75, 3.05) is 0 Å². The smallest absolute Gasteiger partial charge is 0.122 e. The number of hydrogen-bond donors (Lipinski definition) is 0. The van der Waals surface area contributed by atoms with Crippen LogP contribution in [0.15, 0.2) is 0 Å². The zero-order valence-electron chi connectivity index (χ0n) is 8.72. The maximum absolute atomic E-state index is 5.05. The first-order valence-corrected chi connectivity index (χ1v) is 4.72. The van der Waals surface area contributed by atoms with Crippen LogP contribution in [0.25, 0.3) is 0 Å². The number of hydrogen-bond acceptors (Lipinski definition) is 2. The molecule has 0 fully saturated rings. The van der Waals surface area contributed by atoms with E-state index >= 15 is 0 Å². The van der Waals surface area contributed by atoms with Crippen molar-refractivity contribution in [3.63, 3.8) is 0 Å². The molecule has 0 spiro atoms. The Morgan fingerprint density at radius 2 is 1.83 bits per heavy atom. The average molecular weight is 173 g/mol. The molecule has 0 heterocycles. The van der Waals surface area contributed by atoms with E-state index in [2.05, 4.69) is 6.92 Å². The molecular weight excluding hydrogens is 152 g/mol. The Labute approximate surface area is 76.2 Å². The van der Waals surface area contributed by atoms with Gasteiger partial charge in [-0.05, 0) is 27.2 Å². The minimum absolute atomic E-state index is 0.207. The van der Waals surface area contributed by atoms with E-state index in [9.17, 15) is 0 Å². The average Bonchev–Trinajstić information content (AvgIpc) is 1.94. The Morgan fingerprint density at radius 1 is 1.17 bits per heavy atom. The molecule has 0 aromatic heterocycles. The second-order valence-electron chi connectivity index (χ2n) is 3.95. The molecule has 0 N–H and O–H groups in total. The Morgan fingerprint density at radius 3 is 2.33 bits per heavy atom. The van der Waals surface area contributed by atoms with E-state index in [-0.39, 0.29) is 5.60 Å². The van der Waals surface area contributed by atoms with Crippen LogP contribution >= 0.6 is 0 Å². The van der Waals surface area contributed by atoms with Gasteiger partial charge >= 0.3 is 0 Å². The SMILES string of the molecule is CCCCC[CH]OOC(C)(C)C. The molecular formula is C10H21O2. The van der Waals surface area contributed by atoms with Crippen molar-refractivity contribution in [3.05, 3.63) is 6.61 Å². The lowest BCUT2D eigenvalue weighted by atomic mass is 10.2. The first-order chi connectivity index (χ1) is 5.56. The van der Waals surface area contributed by atoms with E-state index < -0.39 is 0 Å². The van der Waals surface area contributed by atoms with Crippen LogP contribution in [0.1, 0.15) is 53.4 Å². The van der Waals surface area contributed by atoms with Crippen LogP contribution in [0.2, 0.25) is 0 Å². The molecule has 0 aromatic rings. The zero-order chi connectivity index (χ0) is 9.45. The van der Waals surface area contributed by atoms with Gasteiger partial charge in [0.1, 0.15) is 6.61 Å². The third-order valence-corrected chi connectivity index (χ3v) is 1.29. The molecule has 12 heavy (non-hydrogen) atoms. The van der Waals surface area contributed by atoms with Gasteiger partial charge in [0.05, 0.1) is 5.60 Å². The van der Waals surface area contributed by atoms with Crippen molar-refractivity contribution in [3.8, 4) is 0 Å². The van der Waals surface area contributed by atoms with Crippen LogP contribution in [-0.2, 0) is 9.78 Å². The summed E-state index contributed by atoms with van der Waals surface area (Å²) >= 11 is 0. The minimum Gasteiger partial charge on any atom is -0.231 e. The summed E-state index contributed by atoms with van der Waals surface area (Å²) in [4.78, 5) is 9.97. The van der Waals surface area contributed by atoms with Crippen molar-refractivity contribution in [2.24, 2.45) is 0 Å². The normalized spacial score (nSPS) is 12.0. The van der Waals surface area contributed by atoms with E-state index in [1.54, 1.807) is 6.61 Å². The monoisotopic (exact) mass is 173 g/mol. The van der Waals surface area contributed by atoms with E-state index in [0.717, 1.165) is 6.42 Å². The van der Waals surface area contributed by atoms with Gasteiger partial charge in [-0.3, -0.25) is 0 Å². The topological polar surface area (TPSA) is 18.5 Å². The third-order valence-electron chi connectivity index (χ3n) is 1.29. The number of unbranched alkanes of at least 4 members (excludes halogenated alkanes) is 3. The summed E-state index contributed by atoms with van der Waals surface area (Å²) in [6.45, 7) is 9.82. The van der Waals surface area contributed by atoms with Gasteiger partial charge in [0.15, 0.2) is 0 Å². The van der Waals surface area contributed by atoms with E-state index in [0.29, 0.717) is 0 Å². The quantitative estimate of drug-likeness (QED) is 0.348. The fourth-order valence-corrected chi connectivity index (χ4v) is 0.704. The molecule has 73 valence electrons. The summed E-state index contributed by atoms with van der Waals surface area (Å²) in [7, 11) is 0. The van der Waals surface area contributed by atoms with Crippen molar-refractivity contribution >= 4 is 0 Å². The van der Waals surface area contributed by atoms with Crippen molar-refractivity contribution in [1.82, 2.24) is 0 Å². The second-order valence-corrected chi connectivity index (χ2v) is 3.95. The van der Waals surface area contributed by atoms with Crippen molar-refractivity contribution in [1.29, 1.82) is 0 Å². The maximum Gasteiger partial charge on any atom is 0.122 e. The van der Waals surface area contributed by atoms with Crippen LogP contribution in [0.5, 0.6) is 0 Å². The zero-order valence-corrected chi connectivity index (χ0v) is 8.72. The fraction of sp³-hybridized carbons (Fsp3) is 0.900. The maximum atomic E-state index is 5.05. The van der Waals surface area contributed by atoms with Gasteiger partial charge < -0.3 is 0 Å². The van der Waals surface area contributed by atoms with Gasteiger partial charge in [0, 0.05) is 0 Å². The van der Waals surface area contributed by atoms with Crippen molar-refractivity contribution < 1.29 is 9.78 Å². The third kappa shape index (κ3) is 9.92. The van der Waals surface area contributed by atoms with Gasteiger partial charge in [-0.1, -0.05) is 26.2 Å². The molecule has 0 aliphatic heterocycles. The summed E-state index contributed by atoms with van der Waals surface area (Å²) in [6, 6.07) is 0. The molecule has 1 radical (unpaired) electrons.